The first-order chi connectivity index (χ1) is 17.5. The molecule has 1 amide bonds. The van der Waals surface area contributed by atoms with Crippen LogP contribution in [0.4, 0.5) is 5.88 Å². The van der Waals surface area contributed by atoms with Gasteiger partial charge < -0.3 is 9.15 Å². The first-order valence-corrected chi connectivity index (χ1v) is 11.9. The highest BCUT2D eigenvalue weighted by atomic mass is 32.1. The van der Waals surface area contributed by atoms with E-state index in [0.29, 0.717) is 16.1 Å². The van der Waals surface area contributed by atoms with E-state index < -0.39 is 11.9 Å². The van der Waals surface area contributed by atoms with E-state index >= 15 is 0 Å². The lowest BCUT2D eigenvalue weighted by molar-refractivity contribution is 0.0599. The van der Waals surface area contributed by atoms with Gasteiger partial charge in [-0.05, 0) is 25.1 Å². The van der Waals surface area contributed by atoms with Crippen LogP contribution >= 0.6 is 11.3 Å². The monoisotopic (exact) mass is 496 g/mol. The average Bonchev–Trinajstić information content (AvgIpc) is 3.48. The van der Waals surface area contributed by atoms with Crippen molar-refractivity contribution in [2.45, 2.75) is 6.92 Å². The lowest BCUT2D eigenvalue weighted by Crippen LogP contribution is -2.17. The number of ether oxygens (including phenoxy) is 1. The van der Waals surface area contributed by atoms with Crippen LogP contribution in [0.5, 0.6) is 0 Å². The molecule has 0 spiro atoms. The van der Waals surface area contributed by atoms with Crippen LogP contribution in [0.3, 0.4) is 0 Å². The number of aryl methyl sites for hydroxylation is 1. The van der Waals surface area contributed by atoms with E-state index in [1.165, 1.54) is 18.4 Å². The molecular formula is C28H20N2O5S. The second-order valence-corrected chi connectivity index (χ2v) is 8.94. The summed E-state index contributed by atoms with van der Waals surface area (Å²) in [5.41, 5.74) is 2.16. The van der Waals surface area contributed by atoms with Gasteiger partial charge in [0.15, 0.2) is 5.78 Å². The lowest BCUT2D eigenvalue weighted by atomic mass is 9.98. The number of benzene rings is 3. The normalized spacial score (nSPS) is 10.8. The summed E-state index contributed by atoms with van der Waals surface area (Å²) in [6, 6.07) is 22.8. The summed E-state index contributed by atoms with van der Waals surface area (Å²) in [5.74, 6) is -1.11. The molecule has 0 aliphatic rings. The average molecular weight is 497 g/mol. The van der Waals surface area contributed by atoms with E-state index in [-0.39, 0.29) is 34.1 Å². The van der Waals surface area contributed by atoms with Gasteiger partial charge in [0.25, 0.3) is 5.91 Å². The van der Waals surface area contributed by atoms with E-state index in [4.69, 9.17) is 9.15 Å². The number of amides is 1. The molecule has 0 bridgehead atoms. The Hall–Kier alpha value is -4.56. The Bertz CT molecular complexity index is 1580. The Kier molecular flexibility index (Phi) is 6.18. The second kappa shape index (κ2) is 9.59. The number of aromatic nitrogens is 1. The summed E-state index contributed by atoms with van der Waals surface area (Å²) < 4.78 is 11.7. The lowest BCUT2D eigenvalue weighted by Gasteiger charge is -2.09. The zero-order valence-corrected chi connectivity index (χ0v) is 20.2. The molecule has 0 fully saturated rings. The number of nitrogens with one attached hydrogen (secondary N) is 1. The van der Waals surface area contributed by atoms with Gasteiger partial charge in [0.05, 0.1) is 28.5 Å². The first-order valence-electron chi connectivity index (χ1n) is 11.1. The molecular weight excluding hydrogens is 476 g/mol. The summed E-state index contributed by atoms with van der Waals surface area (Å²) in [4.78, 5) is 43.9. The molecule has 36 heavy (non-hydrogen) atoms. The van der Waals surface area contributed by atoms with Crippen LogP contribution in [-0.4, -0.2) is 29.8 Å². The van der Waals surface area contributed by atoms with Crippen LogP contribution < -0.4 is 5.32 Å². The minimum atomic E-state index is -0.606. The summed E-state index contributed by atoms with van der Waals surface area (Å²) in [6.07, 6.45) is 0. The quantitative estimate of drug-likeness (QED) is 0.224. The van der Waals surface area contributed by atoms with Crippen LogP contribution in [-0.2, 0) is 4.74 Å². The zero-order chi connectivity index (χ0) is 25.2. The van der Waals surface area contributed by atoms with Crippen molar-refractivity contribution in [3.05, 3.63) is 107 Å². The molecule has 0 saturated heterocycles. The number of anilines is 1. The maximum atomic E-state index is 13.4. The van der Waals surface area contributed by atoms with Gasteiger partial charge in [0, 0.05) is 11.1 Å². The van der Waals surface area contributed by atoms with Gasteiger partial charge in [-0.2, -0.15) is 0 Å². The van der Waals surface area contributed by atoms with Gasteiger partial charge in [-0.1, -0.05) is 60.7 Å². The van der Waals surface area contributed by atoms with E-state index in [9.17, 15) is 14.4 Å². The zero-order valence-electron chi connectivity index (χ0n) is 19.4. The van der Waals surface area contributed by atoms with Gasteiger partial charge in [-0.25, -0.2) is 9.78 Å². The first kappa shape index (κ1) is 23.2. The number of nitrogens with zero attached hydrogens (tertiary/aromatic N) is 1. The van der Waals surface area contributed by atoms with Crippen LogP contribution in [0.25, 0.3) is 20.8 Å². The number of esters is 1. The molecule has 7 nitrogen and oxygen atoms in total. The number of para-hydroxylation sites is 1. The molecule has 0 unspecified atom stereocenters. The van der Waals surface area contributed by atoms with Gasteiger partial charge in [-0.3, -0.25) is 14.9 Å². The number of hydrogen-bond acceptors (Lipinski definition) is 7. The van der Waals surface area contributed by atoms with Gasteiger partial charge >= 0.3 is 5.97 Å². The third-order valence-electron chi connectivity index (χ3n) is 5.66. The molecule has 0 aliphatic heterocycles. The number of hydrogen-bond donors (Lipinski definition) is 1. The Balaban J connectivity index is 1.58. The van der Waals surface area contributed by atoms with Crippen molar-refractivity contribution in [3.63, 3.8) is 0 Å². The number of fused-ring (bicyclic) bond motifs is 1. The van der Waals surface area contributed by atoms with Gasteiger partial charge in [0.2, 0.25) is 5.88 Å². The van der Waals surface area contributed by atoms with Crippen molar-refractivity contribution in [2.24, 2.45) is 0 Å². The highest BCUT2D eigenvalue weighted by molar-refractivity contribution is 7.21. The third kappa shape index (κ3) is 4.18. The summed E-state index contributed by atoms with van der Waals surface area (Å²) in [5, 5.41) is 3.26. The van der Waals surface area contributed by atoms with Gasteiger partial charge in [-0.15, -0.1) is 11.3 Å². The number of thiazole rings is 1. The number of carbonyl (C=O) groups excluding carboxylic acids is 3. The summed E-state index contributed by atoms with van der Waals surface area (Å²) in [6.45, 7) is 1.62. The van der Waals surface area contributed by atoms with Crippen LogP contribution in [0.2, 0.25) is 0 Å². The molecule has 0 radical (unpaired) electrons. The van der Waals surface area contributed by atoms with Crippen molar-refractivity contribution in [1.82, 2.24) is 4.98 Å². The van der Waals surface area contributed by atoms with Crippen LogP contribution in [0.1, 0.15) is 42.4 Å². The smallest absolute Gasteiger partial charge is 0.342 e. The van der Waals surface area contributed by atoms with Crippen molar-refractivity contribution < 1.29 is 23.5 Å². The summed E-state index contributed by atoms with van der Waals surface area (Å²) >= 11 is 1.36. The highest BCUT2D eigenvalue weighted by Crippen LogP contribution is 2.41. The Morgan fingerprint density at radius 1 is 0.889 bits per heavy atom. The fraction of sp³-hybridized carbons (Fsp3) is 0.0714. The van der Waals surface area contributed by atoms with E-state index in [2.05, 4.69) is 10.3 Å². The molecule has 3 aromatic carbocycles. The predicted octanol–water partition coefficient (Wildman–Crippen LogP) is 6.13. The molecule has 1 N–H and O–H groups in total. The molecule has 0 saturated carbocycles. The largest absolute Gasteiger partial charge is 0.465 e. The topological polar surface area (TPSA) is 98.5 Å². The molecule has 0 atom stereocenters. The number of furan rings is 1. The molecule has 5 aromatic rings. The van der Waals surface area contributed by atoms with E-state index in [0.717, 1.165) is 10.2 Å². The number of methoxy groups -OCH3 is 1. The number of carbonyl (C=O) groups is 3. The Morgan fingerprint density at radius 3 is 2.28 bits per heavy atom. The minimum absolute atomic E-state index is 0.0546. The Morgan fingerprint density at radius 2 is 1.56 bits per heavy atom. The number of ketones is 1. The highest BCUT2D eigenvalue weighted by Gasteiger charge is 2.29. The second-order valence-electron chi connectivity index (χ2n) is 7.91. The third-order valence-corrected chi connectivity index (χ3v) is 6.71. The molecule has 2 heterocycles. The van der Waals surface area contributed by atoms with Crippen molar-refractivity contribution in [3.8, 4) is 10.6 Å². The molecule has 5 rings (SSSR count). The van der Waals surface area contributed by atoms with Crippen molar-refractivity contribution in [1.29, 1.82) is 0 Å². The molecule has 178 valence electrons. The maximum Gasteiger partial charge on any atom is 0.342 e. The fourth-order valence-corrected chi connectivity index (χ4v) is 4.97. The van der Waals surface area contributed by atoms with Crippen LogP contribution in [0.15, 0.2) is 83.3 Å². The molecule has 8 heteroatoms. The standard InChI is InChI=1S/C28H20N2O5S/c1-16-22(28(33)34-2)23(27-29-20-14-8-9-15-21(20)36-27)26(35-16)30-25(32)19-13-7-6-12-18(19)24(31)17-10-4-3-5-11-17/h3-15H,1-2H3,(H,30,32). The minimum Gasteiger partial charge on any atom is -0.465 e. The maximum absolute atomic E-state index is 13.4. The predicted molar refractivity (Wildman–Crippen MR) is 138 cm³/mol. The SMILES string of the molecule is COC(=O)c1c(C)oc(NC(=O)c2ccccc2C(=O)c2ccccc2)c1-c1nc2ccccc2s1. The van der Waals surface area contributed by atoms with Crippen molar-refractivity contribution in [2.75, 3.05) is 12.4 Å². The number of rotatable bonds is 6. The summed E-state index contributed by atoms with van der Waals surface area (Å²) in [7, 11) is 1.28. The van der Waals surface area contributed by atoms with Crippen LogP contribution in [0, 0.1) is 6.92 Å². The van der Waals surface area contributed by atoms with E-state index in [1.807, 2.05) is 30.3 Å². The fourth-order valence-electron chi connectivity index (χ4n) is 3.96. The van der Waals surface area contributed by atoms with Gasteiger partial charge in [0.1, 0.15) is 16.3 Å². The van der Waals surface area contributed by atoms with E-state index in [1.54, 1.807) is 55.5 Å². The molecule has 0 aliphatic carbocycles. The Labute approximate surface area is 210 Å². The van der Waals surface area contributed by atoms with Crippen molar-refractivity contribution >= 4 is 45.1 Å². The molecule has 2 aromatic heterocycles.